The van der Waals surface area contributed by atoms with Crippen molar-refractivity contribution in [1.82, 2.24) is 4.98 Å². The maximum absolute atomic E-state index is 13.4. The molecule has 0 fully saturated rings. The van der Waals surface area contributed by atoms with Gasteiger partial charge in [-0.05, 0) is 37.5 Å². The van der Waals surface area contributed by atoms with Crippen LogP contribution in [0.3, 0.4) is 0 Å². The number of esters is 2. The molecule has 200 valence electrons. The first-order valence-corrected chi connectivity index (χ1v) is 12.6. The summed E-state index contributed by atoms with van der Waals surface area (Å²) in [6, 6.07) is 29.7. The highest BCUT2D eigenvalue weighted by atomic mass is 16.6. The summed E-state index contributed by atoms with van der Waals surface area (Å²) < 4.78 is 23.3. The van der Waals surface area contributed by atoms with Crippen molar-refractivity contribution in [2.45, 2.75) is 46.2 Å². The summed E-state index contributed by atoms with van der Waals surface area (Å²) in [4.78, 5) is 30.7. The molecular formula is C32H31NO6. The number of rotatable bonds is 10. The van der Waals surface area contributed by atoms with Crippen LogP contribution in [-0.4, -0.2) is 22.5 Å². The van der Waals surface area contributed by atoms with Gasteiger partial charge in [0, 0.05) is 6.07 Å². The summed E-state index contributed by atoms with van der Waals surface area (Å²) >= 11 is 0. The molecule has 0 N–H and O–H groups in total. The van der Waals surface area contributed by atoms with Crippen LogP contribution in [0.15, 0.2) is 97.1 Å². The lowest BCUT2D eigenvalue weighted by atomic mass is 10.2. The normalized spacial score (nSPS) is 10.9. The van der Waals surface area contributed by atoms with Crippen molar-refractivity contribution in [3.63, 3.8) is 0 Å². The van der Waals surface area contributed by atoms with Crippen molar-refractivity contribution in [3.8, 4) is 11.5 Å². The van der Waals surface area contributed by atoms with Gasteiger partial charge < -0.3 is 18.9 Å². The summed E-state index contributed by atoms with van der Waals surface area (Å²) in [6.07, 6.45) is 0. The van der Waals surface area contributed by atoms with Crippen LogP contribution in [0.25, 0.3) is 0 Å². The van der Waals surface area contributed by atoms with Gasteiger partial charge in [0.25, 0.3) is 0 Å². The molecule has 4 aromatic rings. The number of hydrogen-bond donors (Lipinski definition) is 0. The van der Waals surface area contributed by atoms with Gasteiger partial charge in [0.2, 0.25) is 0 Å². The van der Waals surface area contributed by atoms with E-state index in [0.29, 0.717) is 0 Å². The number of pyridine rings is 1. The zero-order valence-electron chi connectivity index (χ0n) is 22.3. The molecule has 0 unspecified atom stereocenters. The molecule has 0 aliphatic rings. The number of carbonyl (C=O) groups is 2. The largest absolute Gasteiger partial charge is 0.485 e. The predicted molar refractivity (Wildman–Crippen MR) is 147 cm³/mol. The number of carbonyl (C=O) groups excluding carboxylic acids is 2. The Balaban J connectivity index is 1.72. The second kappa shape index (κ2) is 12.7. The van der Waals surface area contributed by atoms with Crippen LogP contribution in [0.4, 0.5) is 0 Å². The molecule has 7 nitrogen and oxygen atoms in total. The zero-order chi connectivity index (χ0) is 27.7. The minimum absolute atomic E-state index is 0.0242. The van der Waals surface area contributed by atoms with Gasteiger partial charge in [-0.15, -0.1) is 0 Å². The third kappa shape index (κ3) is 8.17. The number of aromatic nitrogens is 1. The van der Waals surface area contributed by atoms with E-state index in [1.807, 2.05) is 91.0 Å². The highest BCUT2D eigenvalue weighted by Gasteiger charge is 2.28. The van der Waals surface area contributed by atoms with Gasteiger partial charge in [-0.25, -0.2) is 14.6 Å². The molecule has 0 bridgehead atoms. The van der Waals surface area contributed by atoms with Crippen LogP contribution in [0, 0.1) is 0 Å². The Labute approximate surface area is 228 Å². The van der Waals surface area contributed by atoms with E-state index in [-0.39, 0.29) is 42.7 Å². The van der Waals surface area contributed by atoms with Crippen LogP contribution in [0.1, 0.15) is 58.4 Å². The van der Waals surface area contributed by atoms with Crippen molar-refractivity contribution in [3.05, 3.63) is 125 Å². The molecule has 0 aliphatic carbocycles. The Hall–Kier alpha value is -4.65. The molecule has 0 spiro atoms. The zero-order valence-corrected chi connectivity index (χ0v) is 22.3. The molecule has 3 aromatic carbocycles. The average Bonchev–Trinajstić information content (AvgIpc) is 2.94. The fourth-order valence-electron chi connectivity index (χ4n) is 3.59. The Bertz CT molecular complexity index is 1380. The first kappa shape index (κ1) is 27.4. The summed E-state index contributed by atoms with van der Waals surface area (Å²) in [5, 5.41) is 0. The SMILES string of the molecule is CC(C)(C)OC(=O)c1cc(OCc2ccccc2)c(OCc2ccccc2)c(C(=O)OCc2ccccc2)n1. The Morgan fingerprint density at radius 3 is 1.67 bits per heavy atom. The van der Waals surface area contributed by atoms with Gasteiger partial charge in [0.1, 0.15) is 25.4 Å². The lowest BCUT2D eigenvalue weighted by Crippen LogP contribution is -2.25. The first-order valence-electron chi connectivity index (χ1n) is 12.6. The van der Waals surface area contributed by atoms with Gasteiger partial charge in [0.15, 0.2) is 22.9 Å². The Morgan fingerprint density at radius 2 is 1.15 bits per heavy atom. The second-order valence-corrected chi connectivity index (χ2v) is 9.80. The van der Waals surface area contributed by atoms with Crippen LogP contribution >= 0.6 is 0 Å². The Kier molecular flexibility index (Phi) is 8.94. The van der Waals surface area contributed by atoms with E-state index in [1.54, 1.807) is 20.8 Å². The van der Waals surface area contributed by atoms with E-state index in [0.717, 1.165) is 16.7 Å². The highest BCUT2D eigenvalue weighted by Crippen LogP contribution is 2.34. The maximum Gasteiger partial charge on any atom is 0.361 e. The van der Waals surface area contributed by atoms with Crippen molar-refractivity contribution >= 4 is 11.9 Å². The molecule has 4 rings (SSSR count). The maximum atomic E-state index is 13.4. The van der Waals surface area contributed by atoms with Crippen LogP contribution in [0.2, 0.25) is 0 Å². The third-order valence-corrected chi connectivity index (χ3v) is 5.42. The van der Waals surface area contributed by atoms with Crippen LogP contribution in [-0.2, 0) is 29.3 Å². The van der Waals surface area contributed by atoms with Crippen molar-refractivity contribution in [1.29, 1.82) is 0 Å². The highest BCUT2D eigenvalue weighted by molar-refractivity contribution is 5.95. The standard InChI is InChI=1S/C32H31NO6/c1-32(2,3)39-30(34)26-19-27(36-20-23-13-7-4-8-14-23)29(37-21-24-15-9-5-10-16-24)28(33-26)31(35)38-22-25-17-11-6-12-18-25/h4-19H,20-22H2,1-3H3. The lowest BCUT2D eigenvalue weighted by Gasteiger charge is -2.21. The van der Waals surface area contributed by atoms with Crippen LogP contribution < -0.4 is 9.47 Å². The van der Waals surface area contributed by atoms with E-state index in [2.05, 4.69) is 4.98 Å². The molecule has 1 aromatic heterocycles. The topological polar surface area (TPSA) is 84.0 Å². The molecule has 0 saturated heterocycles. The minimum Gasteiger partial charge on any atom is -0.485 e. The molecule has 7 heteroatoms. The smallest absolute Gasteiger partial charge is 0.361 e. The van der Waals surface area contributed by atoms with E-state index in [9.17, 15) is 9.59 Å². The molecule has 0 saturated carbocycles. The summed E-state index contributed by atoms with van der Waals surface area (Å²) in [5.41, 5.74) is 1.56. The van der Waals surface area contributed by atoms with Crippen molar-refractivity contribution < 1.29 is 28.5 Å². The van der Waals surface area contributed by atoms with Gasteiger partial charge in [-0.3, -0.25) is 0 Å². The first-order chi connectivity index (χ1) is 18.8. The fourth-order valence-corrected chi connectivity index (χ4v) is 3.59. The summed E-state index contributed by atoms with van der Waals surface area (Å²) in [7, 11) is 0. The number of ether oxygens (including phenoxy) is 4. The summed E-state index contributed by atoms with van der Waals surface area (Å²) in [6.45, 7) is 5.61. The molecule has 39 heavy (non-hydrogen) atoms. The van der Waals surface area contributed by atoms with Crippen molar-refractivity contribution in [2.24, 2.45) is 0 Å². The fraction of sp³-hybridized carbons (Fsp3) is 0.219. The van der Waals surface area contributed by atoms with Gasteiger partial charge in [-0.1, -0.05) is 91.0 Å². The van der Waals surface area contributed by atoms with E-state index < -0.39 is 17.5 Å². The number of benzene rings is 3. The minimum atomic E-state index is -0.764. The van der Waals surface area contributed by atoms with Gasteiger partial charge in [-0.2, -0.15) is 0 Å². The van der Waals surface area contributed by atoms with Crippen LogP contribution in [0.5, 0.6) is 11.5 Å². The van der Waals surface area contributed by atoms with E-state index in [4.69, 9.17) is 18.9 Å². The van der Waals surface area contributed by atoms with Crippen molar-refractivity contribution in [2.75, 3.05) is 0 Å². The molecule has 1 heterocycles. The molecule has 0 aliphatic heterocycles. The quantitative estimate of drug-likeness (QED) is 0.217. The Morgan fingerprint density at radius 1 is 0.667 bits per heavy atom. The van der Waals surface area contributed by atoms with E-state index >= 15 is 0 Å². The monoisotopic (exact) mass is 525 g/mol. The van der Waals surface area contributed by atoms with Gasteiger partial charge >= 0.3 is 11.9 Å². The predicted octanol–water partition coefficient (Wildman–Crippen LogP) is 6.55. The number of nitrogens with zero attached hydrogens (tertiary/aromatic N) is 1. The summed E-state index contributed by atoms with van der Waals surface area (Å²) in [5.74, 6) is -1.19. The molecule has 0 amide bonds. The molecule has 0 atom stereocenters. The number of hydrogen-bond acceptors (Lipinski definition) is 7. The van der Waals surface area contributed by atoms with E-state index in [1.165, 1.54) is 6.07 Å². The second-order valence-electron chi connectivity index (χ2n) is 9.80. The third-order valence-electron chi connectivity index (χ3n) is 5.42. The lowest BCUT2D eigenvalue weighted by molar-refractivity contribution is 0.00619. The average molecular weight is 526 g/mol. The van der Waals surface area contributed by atoms with Gasteiger partial charge in [0.05, 0.1) is 0 Å². The molecule has 0 radical (unpaired) electrons. The molecular weight excluding hydrogens is 494 g/mol.